The van der Waals surface area contributed by atoms with Gasteiger partial charge >= 0.3 is 0 Å². The number of benzene rings is 2. The Kier molecular flexibility index (Phi) is 8.04. The van der Waals surface area contributed by atoms with Gasteiger partial charge < -0.3 is 4.74 Å². The molecule has 2 aromatic carbocycles. The van der Waals surface area contributed by atoms with Gasteiger partial charge in [-0.15, -0.1) is 21.5 Å². The molecule has 0 unspecified atom stereocenters. The Morgan fingerprint density at radius 3 is 2.62 bits per heavy atom. The molecule has 1 aliphatic heterocycles. The maximum Gasteiger partial charge on any atom is 0.243 e. The number of aryl methyl sites for hydroxylation is 1. The fraction of sp³-hybridized carbons (Fsp3) is 0.231. The van der Waals surface area contributed by atoms with E-state index < -0.39 is 20.6 Å². The lowest BCUT2D eigenvalue weighted by Gasteiger charge is -2.35. The van der Waals surface area contributed by atoms with Crippen molar-refractivity contribution in [3.8, 4) is 22.1 Å². The molecule has 9 nitrogen and oxygen atoms in total. The monoisotopic (exact) mass is 606 g/mol. The molecule has 3 heterocycles. The van der Waals surface area contributed by atoms with Crippen LogP contribution in [0.4, 0.5) is 5.95 Å². The first-order valence-electron chi connectivity index (χ1n) is 12.0. The molecule has 0 radical (unpaired) electrons. The molecule has 0 atom stereocenters. The Labute approximate surface area is 237 Å². The van der Waals surface area contributed by atoms with Crippen molar-refractivity contribution in [2.75, 3.05) is 29.1 Å². The number of thiophene rings is 1. The summed E-state index contributed by atoms with van der Waals surface area (Å²) in [6.07, 6.45) is 2.65. The summed E-state index contributed by atoms with van der Waals surface area (Å²) >= 11 is 7.40. The van der Waals surface area contributed by atoms with Gasteiger partial charge in [-0.05, 0) is 65.3 Å². The van der Waals surface area contributed by atoms with Crippen LogP contribution in [-0.4, -0.2) is 56.7 Å². The van der Waals surface area contributed by atoms with Crippen LogP contribution in [0.5, 0.6) is 5.75 Å². The SMILES string of the molecule is COc1ccc(C2=CCS(O)(O)CC2)cc1-n1c(NS(=O)(=O)CCc2ccc(Cl)cc2)nnc1-c1cccs1. The van der Waals surface area contributed by atoms with Crippen LogP contribution in [-0.2, 0) is 16.4 Å². The number of halogens is 1. The van der Waals surface area contributed by atoms with Gasteiger partial charge in [0.05, 0.1) is 29.2 Å². The van der Waals surface area contributed by atoms with Gasteiger partial charge in [-0.1, -0.05) is 41.9 Å². The smallest absolute Gasteiger partial charge is 0.243 e. The molecule has 0 spiro atoms. The van der Waals surface area contributed by atoms with Gasteiger partial charge in [0, 0.05) is 10.8 Å². The van der Waals surface area contributed by atoms with E-state index in [9.17, 15) is 17.5 Å². The highest BCUT2D eigenvalue weighted by molar-refractivity contribution is 8.24. The summed E-state index contributed by atoms with van der Waals surface area (Å²) in [6, 6.07) is 16.4. The fourth-order valence-electron chi connectivity index (χ4n) is 4.26. The number of nitrogens with zero attached hydrogens (tertiary/aromatic N) is 3. The number of aromatic nitrogens is 3. The molecule has 5 rings (SSSR count). The van der Waals surface area contributed by atoms with Gasteiger partial charge in [0.25, 0.3) is 0 Å². The third-order valence-corrected chi connectivity index (χ3v) is 10.2. The number of sulfonamides is 1. The van der Waals surface area contributed by atoms with Gasteiger partial charge in [-0.2, -0.15) is 10.6 Å². The summed E-state index contributed by atoms with van der Waals surface area (Å²) in [5.74, 6) is 1.34. The Morgan fingerprint density at radius 2 is 1.95 bits per heavy atom. The van der Waals surface area contributed by atoms with Crippen LogP contribution in [0.15, 0.2) is 66.1 Å². The highest BCUT2D eigenvalue weighted by atomic mass is 35.5. The molecule has 4 aromatic rings. The number of hydrogen-bond acceptors (Lipinski definition) is 8. The second-order valence-corrected chi connectivity index (χ2v) is 14.6. The number of hydrogen-bond donors (Lipinski definition) is 3. The van der Waals surface area contributed by atoms with Crippen molar-refractivity contribution in [2.24, 2.45) is 0 Å². The van der Waals surface area contributed by atoms with Crippen LogP contribution in [0.3, 0.4) is 0 Å². The van der Waals surface area contributed by atoms with Gasteiger partial charge in [0.15, 0.2) is 5.82 Å². The van der Waals surface area contributed by atoms with Crippen molar-refractivity contribution in [1.82, 2.24) is 14.8 Å². The highest BCUT2D eigenvalue weighted by Crippen LogP contribution is 2.45. The number of anilines is 1. The lowest BCUT2D eigenvalue weighted by atomic mass is 10.0. The highest BCUT2D eigenvalue weighted by Gasteiger charge is 2.25. The van der Waals surface area contributed by atoms with Crippen LogP contribution in [0.1, 0.15) is 17.5 Å². The molecule has 0 amide bonds. The van der Waals surface area contributed by atoms with Crippen LogP contribution in [0.25, 0.3) is 22.0 Å². The summed E-state index contributed by atoms with van der Waals surface area (Å²) in [5.41, 5.74) is 3.23. The van der Waals surface area contributed by atoms with E-state index in [1.807, 2.05) is 35.7 Å². The fourth-order valence-corrected chi connectivity index (χ4v) is 7.28. The molecule has 206 valence electrons. The molecule has 0 bridgehead atoms. The summed E-state index contributed by atoms with van der Waals surface area (Å²) in [4.78, 5) is 0.799. The first-order valence-corrected chi connectivity index (χ1v) is 16.8. The predicted octanol–water partition coefficient (Wildman–Crippen LogP) is 6.18. The average Bonchev–Trinajstić information content (AvgIpc) is 3.58. The molecule has 2 aromatic heterocycles. The zero-order valence-corrected chi connectivity index (χ0v) is 24.2. The van der Waals surface area contributed by atoms with Crippen molar-refractivity contribution in [3.05, 3.63) is 82.2 Å². The number of methoxy groups -OCH3 is 1. The standard InChI is InChI=1S/C26H27ClN4O5S3/c1-36-23-9-6-20(19-11-14-38(32,33)15-12-19)17-22(23)31-25(24-3-2-13-37-24)28-29-26(31)30-39(34,35)16-10-18-4-7-21(27)8-5-18/h2-9,11,13,17,32-33H,10,12,14-16H2,1H3,(H,29,30). The average molecular weight is 607 g/mol. The minimum Gasteiger partial charge on any atom is -0.495 e. The second kappa shape index (κ2) is 11.3. The molecule has 3 N–H and O–H groups in total. The number of nitrogens with one attached hydrogen (secondary N) is 1. The van der Waals surface area contributed by atoms with E-state index >= 15 is 0 Å². The first-order chi connectivity index (χ1) is 18.6. The molecule has 1 aliphatic rings. The Hall–Kier alpha value is -2.87. The van der Waals surface area contributed by atoms with E-state index in [1.165, 1.54) is 11.3 Å². The van der Waals surface area contributed by atoms with Crippen LogP contribution in [0, 0.1) is 0 Å². The molecule has 13 heteroatoms. The van der Waals surface area contributed by atoms with Gasteiger partial charge in [0.2, 0.25) is 16.0 Å². The maximum atomic E-state index is 13.1. The van der Waals surface area contributed by atoms with Crippen molar-refractivity contribution < 1.29 is 22.3 Å². The largest absolute Gasteiger partial charge is 0.495 e. The molecule has 0 aliphatic carbocycles. The van der Waals surface area contributed by atoms with Crippen molar-refractivity contribution >= 4 is 55.1 Å². The van der Waals surface area contributed by atoms with E-state index in [-0.39, 0.29) is 17.5 Å². The maximum absolute atomic E-state index is 13.1. The van der Waals surface area contributed by atoms with E-state index in [1.54, 1.807) is 42.0 Å². The quantitative estimate of drug-likeness (QED) is 0.208. The Morgan fingerprint density at radius 1 is 1.15 bits per heavy atom. The third-order valence-electron chi connectivity index (χ3n) is 6.31. The summed E-state index contributed by atoms with van der Waals surface area (Å²) < 4.78 is 56.3. The number of ether oxygens (including phenoxy) is 1. The molecule has 0 saturated carbocycles. The van der Waals surface area contributed by atoms with Crippen molar-refractivity contribution in [1.29, 1.82) is 0 Å². The molecule has 39 heavy (non-hydrogen) atoms. The zero-order valence-electron chi connectivity index (χ0n) is 20.9. The normalized spacial score (nSPS) is 15.9. The van der Waals surface area contributed by atoms with E-state index in [0.717, 1.165) is 21.6 Å². The topological polar surface area (TPSA) is 127 Å². The van der Waals surface area contributed by atoms with Gasteiger partial charge in [0.1, 0.15) is 5.75 Å². The lowest BCUT2D eigenvalue weighted by molar-refractivity contribution is 0.413. The molecular formula is C26H27ClN4O5S3. The summed E-state index contributed by atoms with van der Waals surface area (Å²) in [5, 5.41) is 11.0. The van der Waals surface area contributed by atoms with Crippen LogP contribution >= 0.6 is 33.5 Å². The molecule has 0 saturated heterocycles. The van der Waals surface area contributed by atoms with Crippen LogP contribution in [0.2, 0.25) is 5.02 Å². The first kappa shape index (κ1) is 27.7. The summed E-state index contributed by atoms with van der Waals surface area (Å²) in [7, 11) is -4.85. The van der Waals surface area contributed by atoms with Gasteiger partial charge in [-0.3, -0.25) is 18.4 Å². The minimum absolute atomic E-state index is 0.0387. The minimum atomic E-state index is -3.80. The lowest BCUT2D eigenvalue weighted by Crippen LogP contribution is -2.21. The van der Waals surface area contributed by atoms with E-state index in [2.05, 4.69) is 14.9 Å². The van der Waals surface area contributed by atoms with Crippen molar-refractivity contribution in [2.45, 2.75) is 12.8 Å². The van der Waals surface area contributed by atoms with E-state index in [4.69, 9.17) is 16.3 Å². The van der Waals surface area contributed by atoms with Crippen molar-refractivity contribution in [3.63, 3.8) is 0 Å². The number of allylic oxidation sites excluding steroid dienone is 1. The Balaban J connectivity index is 1.53. The summed E-state index contributed by atoms with van der Waals surface area (Å²) in [6.45, 7) is 0. The predicted molar refractivity (Wildman–Crippen MR) is 159 cm³/mol. The van der Waals surface area contributed by atoms with E-state index in [0.29, 0.717) is 40.9 Å². The Bertz CT molecular complexity index is 1600. The number of rotatable bonds is 9. The van der Waals surface area contributed by atoms with Gasteiger partial charge in [-0.25, -0.2) is 8.42 Å². The molecular weight excluding hydrogens is 580 g/mol. The third kappa shape index (κ3) is 6.48. The zero-order chi connectivity index (χ0) is 27.6. The second-order valence-electron chi connectivity index (χ2n) is 9.00. The van der Waals surface area contributed by atoms with Crippen LogP contribution < -0.4 is 9.46 Å². The molecule has 0 fully saturated rings.